The van der Waals surface area contributed by atoms with Crippen LogP contribution in [0.4, 0.5) is 0 Å². The normalized spacial score (nSPS) is 11.2. The molecule has 0 bridgehead atoms. The molecule has 0 fully saturated rings. The molecule has 0 saturated heterocycles. The summed E-state index contributed by atoms with van der Waals surface area (Å²) < 4.78 is 7.79. The lowest BCUT2D eigenvalue weighted by Crippen LogP contribution is -2.13. The lowest BCUT2D eigenvalue weighted by atomic mass is 10.1. The van der Waals surface area contributed by atoms with E-state index in [0.29, 0.717) is 0 Å². The summed E-state index contributed by atoms with van der Waals surface area (Å²) in [5, 5.41) is 2.54. The van der Waals surface area contributed by atoms with Gasteiger partial charge in [-0.1, -0.05) is 26.0 Å². The highest BCUT2D eigenvalue weighted by molar-refractivity contribution is 7.97. The summed E-state index contributed by atoms with van der Waals surface area (Å²) in [6, 6.07) is 10.8. The summed E-state index contributed by atoms with van der Waals surface area (Å²) in [4.78, 5) is 1.29. The smallest absolute Gasteiger partial charge is 0.122 e. The van der Waals surface area contributed by atoms with E-state index in [0.717, 1.165) is 18.8 Å². The largest absolute Gasteiger partial charge is 0.496 e. The Hall–Kier alpha value is -1.19. The van der Waals surface area contributed by atoms with Crippen LogP contribution in [0.2, 0.25) is 0 Å². The summed E-state index contributed by atoms with van der Waals surface area (Å²) in [6.07, 6.45) is 0. The van der Waals surface area contributed by atoms with Crippen molar-refractivity contribution in [1.82, 2.24) is 4.31 Å². The van der Waals surface area contributed by atoms with Crippen LogP contribution in [0.25, 0.3) is 10.8 Å². The summed E-state index contributed by atoms with van der Waals surface area (Å²) in [6.45, 7) is 8.54. The van der Waals surface area contributed by atoms with Gasteiger partial charge in [-0.2, -0.15) is 0 Å². The maximum absolute atomic E-state index is 5.44. The van der Waals surface area contributed by atoms with Gasteiger partial charge in [0, 0.05) is 23.4 Å². The van der Waals surface area contributed by atoms with Gasteiger partial charge in [0.1, 0.15) is 5.75 Å². The van der Waals surface area contributed by atoms with Crippen LogP contribution in [0, 0.1) is 6.92 Å². The molecule has 0 spiro atoms. The average molecular weight is 275 g/mol. The molecule has 0 N–H and O–H groups in total. The van der Waals surface area contributed by atoms with Crippen molar-refractivity contribution in [1.29, 1.82) is 0 Å². The molecule has 102 valence electrons. The molecular weight excluding hydrogens is 254 g/mol. The minimum Gasteiger partial charge on any atom is -0.496 e. The fraction of sp³-hybridized carbons (Fsp3) is 0.375. The van der Waals surface area contributed by atoms with Crippen LogP contribution in [0.1, 0.15) is 19.4 Å². The third-order valence-corrected chi connectivity index (χ3v) is 4.62. The number of nitrogens with zero attached hydrogens (tertiary/aromatic N) is 1. The maximum Gasteiger partial charge on any atom is 0.122 e. The first-order valence-electron chi connectivity index (χ1n) is 6.69. The second-order valence-electron chi connectivity index (χ2n) is 4.50. The Morgan fingerprint density at radius 2 is 1.89 bits per heavy atom. The Kier molecular flexibility index (Phi) is 4.72. The van der Waals surface area contributed by atoms with Crippen molar-refractivity contribution in [2.24, 2.45) is 0 Å². The van der Waals surface area contributed by atoms with Crippen molar-refractivity contribution >= 4 is 22.7 Å². The van der Waals surface area contributed by atoms with Crippen molar-refractivity contribution in [3.05, 3.63) is 35.9 Å². The standard InChI is InChI=1S/C16H21NOS/c1-5-17(6-2)19-16-9-7-8-13-10-12(3)15(18-4)11-14(13)16/h7-11H,5-6H2,1-4H3. The molecule has 2 nitrogen and oxygen atoms in total. The molecule has 0 saturated carbocycles. The molecule has 2 aromatic rings. The number of hydrogen-bond donors (Lipinski definition) is 0. The number of rotatable bonds is 5. The van der Waals surface area contributed by atoms with E-state index < -0.39 is 0 Å². The first kappa shape index (κ1) is 14.2. The minimum absolute atomic E-state index is 0.958. The zero-order valence-corrected chi connectivity index (χ0v) is 12.9. The van der Waals surface area contributed by atoms with Crippen LogP contribution < -0.4 is 4.74 Å². The van der Waals surface area contributed by atoms with Crippen LogP contribution in [0.15, 0.2) is 35.2 Å². The summed E-state index contributed by atoms with van der Waals surface area (Å²) in [5.74, 6) is 0.958. The second kappa shape index (κ2) is 6.31. The van der Waals surface area contributed by atoms with Gasteiger partial charge in [-0.15, -0.1) is 0 Å². The van der Waals surface area contributed by atoms with Gasteiger partial charge in [-0.05, 0) is 48.0 Å². The Bertz CT molecular complexity index is 564. The zero-order chi connectivity index (χ0) is 13.8. The quantitative estimate of drug-likeness (QED) is 0.745. The van der Waals surface area contributed by atoms with Gasteiger partial charge >= 0.3 is 0 Å². The fourth-order valence-corrected chi connectivity index (χ4v) is 3.13. The Morgan fingerprint density at radius 1 is 1.16 bits per heavy atom. The van der Waals surface area contributed by atoms with Gasteiger partial charge < -0.3 is 4.74 Å². The van der Waals surface area contributed by atoms with Crippen LogP contribution in [-0.4, -0.2) is 24.5 Å². The zero-order valence-electron chi connectivity index (χ0n) is 12.1. The van der Waals surface area contributed by atoms with E-state index in [1.807, 2.05) is 11.9 Å². The fourth-order valence-electron chi connectivity index (χ4n) is 2.18. The SMILES string of the molecule is CCN(CC)Sc1cccc2cc(C)c(OC)cc12. The van der Waals surface area contributed by atoms with Gasteiger partial charge in [-0.3, -0.25) is 0 Å². The third-order valence-electron chi connectivity index (χ3n) is 3.29. The summed E-state index contributed by atoms with van der Waals surface area (Å²) in [5.41, 5.74) is 1.18. The third kappa shape index (κ3) is 3.04. The molecule has 0 amide bonds. The predicted molar refractivity (Wildman–Crippen MR) is 84.0 cm³/mol. The van der Waals surface area contributed by atoms with Gasteiger partial charge in [0.05, 0.1) is 7.11 Å². The first-order chi connectivity index (χ1) is 9.19. The molecule has 0 aliphatic rings. The Morgan fingerprint density at radius 3 is 2.53 bits per heavy atom. The topological polar surface area (TPSA) is 12.5 Å². The van der Waals surface area contributed by atoms with Crippen LogP contribution in [-0.2, 0) is 0 Å². The molecular formula is C16H21NOS. The lowest BCUT2D eigenvalue weighted by Gasteiger charge is -2.18. The highest BCUT2D eigenvalue weighted by atomic mass is 32.2. The molecule has 0 unspecified atom stereocenters. The van der Waals surface area contributed by atoms with E-state index in [4.69, 9.17) is 4.74 Å². The molecule has 0 aliphatic heterocycles. The number of aryl methyl sites for hydroxylation is 1. The maximum atomic E-state index is 5.44. The number of fused-ring (bicyclic) bond motifs is 1. The molecule has 2 rings (SSSR count). The first-order valence-corrected chi connectivity index (χ1v) is 7.47. The van der Waals surface area contributed by atoms with E-state index in [9.17, 15) is 0 Å². The molecule has 3 heteroatoms. The molecule has 0 atom stereocenters. The van der Waals surface area contributed by atoms with Gasteiger partial charge in [-0.25, -0.2) is 4.31 Å². The predicted octanol–water partition coefficient (Wildman–Crippen LogP) is 4.51. The van der Waals surface area contributed by atoms with Crippen LogP contribution >= 0.6 is 11.9 Å². The Labute approximate surface area is 119 Å². The second-order valence-corrected chi connectivity index (χ2v) is 5.64. The highest BCUT2D eigenvalue weighted by Crippen LogP contribution is 2.34. The van der Waals surface area contributed by atoms with E-state index in [-0.39, 0.29) is 0 Å². The molecule has 0 heterocycles. The lowest BCUT2D eigenvalue weighted by molar-refractivity contribution is 0.412. The van der Waals surface area contributed by atoms with Crippen molar-refractivity contribution in [3.63, 3.8) is 0 Å². The average Bonchev–Trinajstić information content (AvgIpc) is 2.44. The van der Waals surface area contributed by atoms with E-state index >= 15 is 0 Å². The molecule has 0 aromatic heterocycles. The van der Waals surface area contributed by atoms with Gasteiger partial charge in [0.25, 0.3) is 0 Å². The summed E-state index contributed by atoms with van der Waals surface area (Å²) >= 11 is 1.82. The number of benzene rings is 2. The van der Waals surface area contributed by atoms with E-state index in [1.54, 1.807) is 7.11 Å². The monoisotopic (exact) mass is 275 g/mol. The Balaban J connectivity index is 2.49. The molecule has 0 aliphatic carbocycles. The van der Waals surface area contributed by atoms with E-state index in [2.05, 4.69) is 55.4 Å². The number of ether oxygens (including phenoxy) is 1. The van der Waals surface area contributed by atoms with Gasteiger partial charge in [0.2, 0.25) is 0 Å². The minimum atomic E-state index is 0.958. The number of methoxy groups -OCH3 is 1. The van der Waals surface area contributed by atoms with Crippen molar-refractivity contribution in [2.75, 3.05) is 20.2 Å². The highest BCUT2D eigenvalue weighted by Gasteiger charge is 2.09. The number of hydrogen-bond acceptors (Lipinski definition) is 3. The summed E-state index contributed by atoms with van der Waals surface area (Å²) in [7, 11) is 1.73. The van der Waals surface area contributed by atoms with Gasteiger partial charge in [0.15, 0.2) is 0 Å². The van der Waals surface area contributed by atoms with Crippen molar-refractivity contribution in [3.8, 4) is 5.75 Å². The van der Waals surface area contributed by atoms with Crippen molar-refractivity contribution in [2.45, 2.75) is 25.7 Å². The molecule has 19 heavy (non-hydrogen) atoms. The van der Waals surface area contributed by atoms with Crippen LogP contribution in [0.5, 0.6) is 5.75 Å². The molecule has 0 radical (unpaired) electrons. The molecule has 2 aromatic carbocycles. The van der Waals surface area contributed by atoms with Crippen molar-refractivity contribution < 1.29 is 4.74 Å². The van der Waals surface area contributed by atoms with E-state index in [1.165, 1.54) is 21.2 Å². The van der Waals surface area contributed by atoms with Crippen LogP contribution in [0.3, 0.4) is 0 Å².